The fraction of sp³-hybridized carbons (Fsp3) is 0.429. The van der Waals surface area contributed by atoms with Crippen molar-refractivity contribution in [2.75, 3.05) is 6.61 Å². The maximum atomic E-state index is 11.8. The van der Waals surface area contributed by atoms with E-state index >= 15 is 0 Å². The minimum absolute atomic E-state index is 0.00798. The first-order valence-electron chi connectivity index (χ1n) is 6.61. The SMILES string of the molecule is CC(C)C[C@H](NC(=O)COc1c(Cl)cc(Cl)c(Cl)c1Cl)C(=O)O. The molecule has 1 aromatic rings. The Morgan fingerprint density at radius 3 is 2.30 bits per heavy atom. The van der Waals surface area contributed by atoms with Gasteiger partial charge in [0.25, 0.3) is 5.91 Å². The van der Waals surface area contributed by atoms with Gasteiger partial charge in [-0.2, -0.15) is 0 Å². The molecule has 0 saturated carbocycles. The highest BCUT2D eigenvalue weighted by atomic mass is 35.5. The van der Waals surface area contributed by atoms with E-state index in [1.165, 1.54) is 6.07 Å². The first-order chi connectivity index (χ1) is 10.6. The van der Waals surface area contributed by atoms with Crippen molar-refractivity contribution in [3.63, 3.8) is 0 Å². The lowest BCUT2D eigenvalue weighted by molar-refractivity contribution is -0.142. The lowest BCUT2D eigenvalue weighted by Crippen LogP contribution is -2.43. The molecule has 0 saturated heterocycles. The van der Waals surface area contributed by atoms with Gasteiger partial charge in [0.05, 0.1) is 15.1 Å². The third kappa shape index (κ3) is 5.92. The molecule has 0 aliphatic rings. The van der Waals surface area contributed by atoms with Crippen LogP contribution in [0.25, 0.3) is 0 Å². The zero-order valence-electron chi connectivity index (χ0n) is 12.3. The Kier molecular flexibility index (Phi) is 7.74. The van der Waals surface area contributed by atoms with Crippen LogP contribution < -0.4 is 10.1 Å². The van der Waals surface area contributed by atoms with Gasteiger partial charge in [-0.25, -0.2) is 4.79 Å². The molecule has 0 aliphatic carbocycles. The van der Waals surface area contributed by atoms with Crippen molar-refractivity contribution in [2.24, 2.45) is 5.92 Å². The van der Waals surface area contributed by atoms with Crippen molar-refractivity contribution >= 4 is 58.3 Å². The molecule has 0 radical (unpaired) electrons. The molecule has 2 N–H and O–H groups in total. The topological polar surface area (TPSA) is 75.6 Å². The Morgan fingerprint density at radius 2 is 1.78 bits per heavy atom. The number of nitrogens with one attached hydrogen (secondary N) is 1. The number of carbonyl (C=O) groups is 2. The van der Waals surface area contributed by atoms with E-state index < -0.39 is 24.5 Å². The van der Waals surface area contributed by atoms with Crippen molar-refractivity contribution in [3.8, 4) is 5.75 Å². The van der Waals surface area contributed by atoms with E-state index in [9.17, 15) is 9.59 Å². The van der Waals surface area contributed by atoms with Crippen molar-refractivity contribution in [1.82, 2.24) is 5.32 Å². The van der Waals surface area contributed by atoms with E-state index in [2.05, 4.69) is 5.32 Å². The number of carboxylic acids is 1. The van der Waals surface area contributed by atoms with E-state index in [0.29, 0.717) is 6.42 Å². The predicted molar refractivity (Wildman–Crippen MR) is 91.0 cm³/mol. The normalized spacial score (nSPS) is 12.1. The zero-order chi connectivity index (χ0) is 17.7. The van der Waals surface area contributed by atoms with Gasteiger partial charge in [0.2, 0.25) is 0 Å². The lowest BCUT2D eigenvalue weighted by Gasteiger charge is -2.17. The molecule has 1 atom stereocenters. The highest BCUT2D eigenvalue weighted by Gasteiger charge is 2.22. The second kappa shape index (κ2) is 8.83. The molecular weight excluding hydrogens is 388 g/mol. The van der Waals surface area contributed by atoms with Crippen LogP contribution in [0.5, 0.6) is 5.75 Å². The molecule has 0 fully saturated rings. The molecule has 9 heteroatoms. The average molecular weight is 403 g/mol. The first kappa shape index (κ1) is 20.2. The number of rotatable bonds is 7. The summed E-state index contributed by atoms with van der Waals surface area (Å²) in [5.74, 6) is -1.61. The van der Waals surface area contributed by atoms with Crippen LogP contribution in [0, 0.1) is 5.92 Å². The van der Waals surface area contributed by atoms with Crippen molar-refractivity contribution in [1.29, 1.82) is 0 Å². The summed E-state index contributed by atoms with van der Waals surface area (Å²) in [5.41, 5.74) is 0. The second-order valence-corrected chi connectivity index (χ2v) is 6.74. The lowest BCUT2D eigenvalue weighted by atomic mass is 10.0. The minimum Gasteiger partial charge on any atom is -0.481 e. The Morgan fingerprint density at radius 1 is 1.17 bits per heavy atom. The van der Waals surface area contributed by atoms with Crippen LogP contribution in [-0.4, -0.2) is 29.6 Å². The Hall–Kier alpha value is -0.880. The molecular formula is C14H15Cl4NO4. The maximum Gasteiger partial charge on any atom is 0.326 e. The van der Waals surface area contributed by atoms with E-state index in [4.69, 9.17) is 56.2 Å². The largest absolute Gasteiger partial charge is 0.481 e. The third-order valence-electron chi connectivity index (χ3n) is 2.76. The van der Waals surface area contributed by atoms with Gasteiger partial charge in [0.1, 0.15) is 11.1 Å². The van der Waals surface area contributed by atoms with E-state index in [1.54, 1.807) is 0 Å². The highest BCUT2D eigenvalue weighted by Crippen LogP contribution is 2.42. The van der Waals surface area contributed by atoms with Crippen LogP contribution in [0.2, 0.25) is 20.1 Å². The quantitative estimate of drug-likeness (QED) is 0.526. The summed E-state index contributed by atoms with van der Waals surface area (Å²) in [6.07, 6.45) is 0.301. The summed E-state index contributed by atoms with van der Waals surface area (Å²) in [6, 6.07) is 0.342. The number of hydrogen-bond acceptors (Lipinski definition) is 3. The van der Waals surface area contributed by atoms with Gasteiger partial charge in [-0.3, -0.25) is 4.79 Å². The van der Waals surface area contributed by atoms with Crippen LogP contribution in [-0.2, 0) is 9.59 Å². The third-order valence-corrected chi connectivity index (χ3v) is 4.29. The van der Waals surface area contributed by atoms with Crippen LogP contribution >= 0.6 is 46.4 Å². The monoisotopic (exact) mass is 401 g/mol. The molecule has 0 spiro atoms. The van der Waals surface area contributed by atoms with Crippen LogP contribution in [0.1, 0.15) is 20.3 Å². The molecule has 128 valence electrons. The number of carbonyl (C=O) groups excluding carboxylic acids is 1. The molecule has 0 heterocycles. The summed E-state index contributed by atoms with van der Waals surface area (Å²) in [7, 11) is 0. The number of aliphatic carboxylic acids is 1. The molecule has 0 aliphatic heterocycles. The fourth-order valence-electron chi connectivity index (χ4n) is 1.75. The average Bonchev–Trinajstić information content (AvgIpc) is 2.43. The van der Waals surface area contributed by atoms with Gasteiger partial charge in [-0.1, -0.05) is 60.3 Å². The zero-order valence-corrected chi connectivity index (χ0v) is 15.4. The van der Waals surface area contributed by atoms with Crippen molar-refractivity contribution in [3.05, 3.63) is 26.2 Å². The molecule has 5 nitrogen and oxygen atoms in total. The van der Waals surface area contributed by atoms with E-state index in [0.717, 1.165) is 0 Å². The Balaban J connectivity index is 2.73. The van der Waals surface area contributed by atoms with Crippen molar-refractivity contribution in [2.45, 2.75) is 26.3 Å². The summed E-state index contributed by atoms with van der Waals surface area (Å²) in [4.78, 5) is 22.9. The van der Waals surface area contributed by atoms with Gasteiger partial charge in [-0.15, -0.1) is 0 Å². The molecule has 0 bridgehead atoms. The van der Waals surface area contributed by atoms with Crippen LogP contribution in [0.3, 0.4) is 0 Å². The van der Waals surface area contributed by atoms with Gasteiger partial charge in [0, 0.05) is 0 Å². The fourth-order valence-corrected chi connectivity index (χ4v) is 2.76. The Bertz CT molecular complexity index is 607. The standard InChI is InChI=1S/C14H15Cl4NO4/c1-6(2)3-9(14(21)22)19-10(20)5-23-13-8(16)4-7(15)11(17)12(13)18/h4,6,9H,3,5H2,1-2H3,(H,19,20)(H,21,22)/t9-/m0/s1. The number of carboxylic acid groups (broad SMARTS) is 1. The number of amides is 1. The summed E-state index contributed by atoms with van der Waals surface area (Å²) < 4.78 is 5.24. The molecule has 1 amide bonds. The molecule has 1 aromatic carbocycles. The van der Waals surface area contributed by atoms with Gasteiger partial charge < -0.3 is 15.2 Å². The molecule has 0 unspecified atom stereocenters. The van der Waals surface area contributed by atoms with Gasteiger partial charge in [-0.05, 0) is 18.4 Å². The van der Waals surface area contributed by atoms with E-state index in [1.807, 2.05) is 13.8 Å². The summed E-state index contributed by atoms with van der Waals surface area (Å²) in [6.45, 7) is 3.25. The highest BCUT2D eigenvalue weighted by molar-refractivity contribution is 6.50. The summed E-state index contributed by atoms with van der Waals surface area (Å²) in [5, 5.41) is 11.7. The number of hydrogen-bond donors (Lipinski definition) is 2. The van der Waals surface area contributed by atoms with Crippen LogP contribution in [0.15, 0.2) is 6.07 Å². The van der Waals surface area contributed by atoms with Crippen molar-refractivity contribution < 1.29 is 19.4 Å². The second-order valence-electron chi connectivity index (χ2n) is 5.17. The molecule has 0 aromatic heterocycles. The maximum absolute atomic E-state index is 11.8. The summed E-state index contributed by atoms with van der Waals surface area (Å²) >= 11 is 23.6. The molecule has 23 heavy (non-hydrogen) atoms. The smallest absolute Gasteiger partial charge is 0.326 e. The number of ether oxygens (including phenoxy) is 1. The van der Waals surface area contributed by atoms with Gasteiger partial charge >= 0.3 is 5.97 Å². The Labute approximate surface area is 153 Å². The van der Waals surface area contributed by atoms with Gasteiger partial charge in [0.15, 0.2) is 12.4 Å². The van der Waals surface area contributed by atoms with Crippen LogP contribution in [0.4, 0.5) is 0 Å². The van der Waals surface area contributed by atoms with E-state index in [-0.39, 0.29) is 31.8 Å². The number of benzene rings is 1. The predicted octanol–water partition coefficient (Wildman–Crippen LogP) is 4.29. The number of halogens is 4. The first-order valence-corrected chi connectivity index (χ1v) is 8.12. The minimum atomic E-state index is -1.11. The molecule has 1 rings (SSSR count).